The molecule has 8 heteroatoms. The normalized spacial score (nSPS) is 46.4. The molecule has 0 aromatic rings. The largest absolute Gasteiger partial charge is 0.453 e. The van der Waals surface area contributed by atoms with Gasteiger partial charge in [-0.05, 0) is 52.0 Å². The van der Waals surface area contributed by atoms with Crippen molar-refractivity contribution in [1.82, 2.24) is 0 Å². The first-order valence-electron chi connectivity index (χ1n) is 9.21. The fourth-order valence-corrected chi connectivity index (χ4v) is 4.42. The van der Waals surface area contributed by atoms with Gasteiger partial charge in [0.15, 0.2) is 11.6 Å². The molecule has 4 rings (SSSR count). The number of allylic oxidation sites excluding steroid dienone is 2. The maximum absolute atomic E-state index is 11.5. The molecule has 0 saturated carbocycles. The van der Waals surface area contributed by atoms with Gasteiger partial charge in [-0.25, -0.2) is 0 Å². The number of carbonyl (C=O) groups excluding carboxylic acids is 4. The van der Waals surface area contributed by atoms with Gasteiger partial charge in [0.05, 0.1) is 0 Å². The fourth-order valence-electron chi connectivity index (χ4n) is 4.42. The smallest absolute Gasteiger partial charge is 0.327 e. The predicted molar refractivity (Wildman–Crippen MR) is 98.7 cm³/mol. The van der Waals surface area contributed by atoms with Crippen molar-refractivity contribution < 1.29 is 28.7 Å². The van der Waals surface area contributed by atoms with E-state index in [2.05, 4.69) is 0 Å². The monoisotopic (exact) mass is 390 g/mol. The van der Waals surface area contributed by atoms with Gasteiger partial charge in [0.1, 0.15) is 22.3 Å². The van der Waals surface area contributed by atoms with Crippen LogP contribution in [0.2, 0.25) is 0 Å². The summed E-state index contributed by atoms with van der Waals surface area (Å²) in [4.78, 5) is 45.4. The van der Waals surface area contributed by atoms with Crippen LogP contribution in [0.15, 0.2) is 24.3 Å². The summed E-state index contributed by atoms with van der Waals surface area (Å²) in [6.07, 6.45) is 6.77. The maximum Gasteiger partial charge on any atom is 0.327 e. The molecule has 8 nitrogen and oxygen atoms in total. The van der Waals surface area contributed by atoms with Crippen LogP contribution in [-0.2, 0) is 28.7 Å². The molecule has 0 spiro atoms. The molecule has 0 aromatic heterocycles. The molecule has 2 fully saturated rings. The van der Waals surface area contributed by atoms with E-state index in [-0.39, 0.29) is 36.2 Å². The Labute approximate surface area is 163 Å². The average Bonchev–Trinajstić information content (AvgIpc) is 2.87. The number of fused-ring (bicyclic) bond motifs is 2. The van der Waals surface area contributed by atoms with Gasteiger partial charge in [-0.2, -0.15) is 0 Å². The standard InChI is InChI=1S/2C10H13NO3/c2*1-9-4-3-6(12)5-7(9)10(2,11)8(13)14-9/h2*3-4,7H,5,11H2,1-2H3/t2*7-,9+,10+/m11/s1. The maximum atomic E-state index is 11.5. The number of ether oxygens (including phenoxy) is 2. The highest BCUT2D eigenvalue weighted by Crippen LogP contribution is 2.44. The molecule has 152 valence electrons. The lowest BCUT2D eigenvalue weighted by Crippen LogP contribution is -2.51. The second kappa shape index (κ2) is 6.09. The van der Waals surface area contributed by atoms with E-state index in [9.17, 15) is 19.2 Å². The molecule has 0 unspecified atom stereocenters. The van der Waals surface area contributed by atoms with E-state index in [0.717, 1.165) is 0 Å². The van der Waals surface area contributed by atoms with Gasteiger partial charge in [0.2, 0.25) is 0 Å². The molecule has 4 aliphatic rings. The van der Waals surface area contributed by atoms with Gasteiger partial charge >= 0.3 is 11.9 Å². The molecule has 0 bridgehead atoms. The minimum Gasteiger partial charge on any atom is -0.453 e. The first kappa shape index (κ1) is 20.4. The van der Waals surface area contributed by atoms with Crippen LogP contribution < -0.4 is 11.5 Å². The number of esters is 2. The van der Waals surface area contributed by atoms with Crippen LogP contribution >= 0.6 is 0 Å². The van der Waals surface area contributed by atoms with Crippen LogP contribution in [0.3, 0.4) is 0 Å². The van der Waals surface area contributed by atoms with Crippen LogP contribution in [0.25, 0.3) is 0 Å². The fraction of sp³-hybridized carbons (Fsp3) is 0.600. The zero-order valence-corrected chi connectivity index (χ0v) is 16.5. The van der Waals surface area contributed by atoms with Crippen LogP contribution in [0.1, 0.15) is 40.5 Å². The van der Waals surface area contributed by atoms with Gasteiger partial charge < -0.3 is 20.9 Å². The number of nitrogens with two attached hydrogens (primary N) is 2. The number of hydrogen-bond donors (Lipinski definition) is 2. The molecule has 6 atom stereocenters. The summed E-state index contributed by atoms with van der Waals surface area (Å²) in [5, 5.41) is 0. The Morgan fingerprint density at radius 3 is 1.39 bits per heavy atom. The van der Waals surface area contributed by atoms with Gasteiger partial charge in [0, 0.05) is 24.7 Å². The molecular formula is C20H26N2O6. The number of rotatable bonds is 0. The molecule has 2 saturated heterocycles. The Bertz CT molecular complexity index is 759. The molecule has 2 aliphatic heterocycles. The zero-order chi connectivity index (χ0) is 21.1. The van der Waals surface area contributed by atoms with Gasteiger partial charge in [-0.15, -0.1) is 0 Å². The first-order valence-corrected chi connectivity index (χ1v) is 9.21. The topological polar surface area (TPSA) is 139 Å². The lowest BCUT2D eigenvalue weighted by Gasteiger charge is -2.32. The molecule has 0 radical (unpaired) electrons. The van der Waals surface area contributed by atoms with Crippen molar-refractivity contribution in [3.8, 4) is 0 Å². The first-order chi connectivity index (χ1) is 12.7. The third kappa shape index (κ3) is 3.00. The summed E-state index contributed by atoms with van der Waals surface area (Å²) >= 11 is 0. The van der Waals surface area contributed by atoms with Crippen molar-refractivity contribution in [2.45, 2.75) is 62.8 Å². The second-order valence-corrected chi connectivity index (χ2v) is 8.82. The quantitative estimate of drug-likeness (QED) is 0.564. The summed E-state index contributed by atoms with van der Waals surface area (Å²) in [6.45, 7) is 6.82. The Hall–Kier alpha value is -2.32. The summed E-state index contributed by atoms with van der Waals surface area (Å²) in [7, 11) is 0. The van der Waals surface area contributed by atoms with E-state index in [1.165, 1.54) is 12.2 Å². The minimum atomic E-state index is -1.05. The number of ketones is 2. The average molecular weight is 390 g/mol. The van der Waals surface area contributed by atoms with Crippen LogP contribution in [0.5, 0.6) is 0 Å². The SMILES string of the molecule is C[C@]12C=CC(=O)C[C@H]1[C@](C)(N)C(=O)O2.C[C@]12C=CC(=O)C[C@H]1[C@](C)(N)C(=O)O2. The van der Waals surface area contributed by atoms with Crippen molar-refractivity contribution in [3.05, 3.63) is 24.3 Å². The molecule has 28 heavy (non-hydrogen) atoms. The number of carbonyl (C=O) groups is 4. The summed E-state index contributed by atoms with van der Waals surface area (Å²) in [5.74, 6) is -1.35. The van der Waals surface area contributed by atoms with E-state index >= 15 is 0 Å². The van der Waals surface area contributed by atoms with Crippen LogP contribution in [0.4, 0.5) is 0 Å². The lowest BCUT2D eigenvalue weighted by atomic mass is 9.72. The van der Waals surface area contributed by atoms with Crippen molar-refractivity contribution in [2.75, 3.05) is 0 Å². The van der Waals surface area contributed by atoms with E-state index < -0.39 is 34.2 Å². The predicted octanol–water partition coefficient (Wildman–Crippen LogP) is 0.329. The molecule has 0 amide bonds. The molecule has 2 heterocycles. The highest BCUT2D eigenvalue weighted by atomic mass is 16.6. The van der Waals surface area contributed by atoms with Gasteiger partial charge in [0.25, 0.3) is 0 Å². The van der Waals surface area contributed by atoms with E-state index in [0.29, 0.717) is 0 Å². The third-order valence-corrected chi connectivity index (χ3v) is 6.35. The van der Waals surface area contributed by atoms with Crippen molar-refractivity contribution in [1.29, 1.82) is 0 Å². The summed E-state index contributed by atoms with van der Waals surface area (Å²) < 4.78 is 10.4. The van der Waals surface area contributed by atoms with Gasteiger partial charge in [-0.3, -0.25) is 19.2 Å². The van der Waals surface area contributed by atoms with Crippen LogP contribution in [-0.4, -0.2) is 45.8 Å². The van der Waals surface area contributed by atoms with Crippen molar-refractivity contribution >= 4 is 23.5 Å². The van der Waals surface area contributed by atoms with Crippen LogP contribution in [0, 0.1) is 11.8 Å². The zero-order valence-electron chi connectivity index (χ0n) is 16.5. The summed E-state index contributed by atoms with van der Waals surface area (Å²) in [5.41, 5.74) is 8.23. The van der Waals surface area contributed by atoms with Crippen molar-refractivity contribution in [2.24, 2.45) is 23.3 Å². The van der Waals surface area contributed by atoms with E-state index in [4.69, 9.17) is 20.9 Å². The Balaban J connectivity index is 0.000000161. The molecule has 4 N–H and O–H groups in total. The molecule has 0 aromatic carbocycles. The third-order valence-electron chi connectivity index (χ3n) is 6.35. The highest BCUT2D eigenvalue weighted by molar-refractivity contribution is 5.95. The minimum absolute atomic E-state index is 0.00227. The van der Waals surface area contributed by atoms with Crippen molar-refractivity contribution in [3.63, 3.8) is 0 Å². The second-order valence-electron chi connectivity index (χ2n) is 8.82. The Morgan fingerprint density at radius 2 is 1.07 bits per heavy atom. The van der Waals surface area contributed by atoms with Gasteiger partial charge in [-0.1, -0.05) is 0 Å². The number of hydrogen-bond acceptors (Lipinski definition) is 8. The summed E-state index contributed by atoms with van der Waals surface area (Å²) in [6, 6.07) is 0. The van der Waals surface area contributed by atoms with E-state index in [1.807, 2.05) is 0 Å². The molecular weight excluding hydrogens is 364 g/mol. The Morgan fingerprint density at radius 1 is 0.750 bits per heavy atom. The van der Waals surface area contributed by atoms with E-state index in [1.54, 1.807) is 39.8 Å². The molecule has 2 aliphatic carbocycles. The Kier molecular flexibility index (Phi) is 4.44. The highest BCUT2D eigenvalue weighted by Gasteiger charge is 2.59. The lowest BCUT2D eigenvalue weighted by molar-refractivity contribution is -0.148.